The number of amides is 1. The quantitative estimate of drug-likeness (QED) is 0.171. The van der Waals surface area contributed by atoms with Crippen LogP contribution in [0.5, 0.6) is 0 Å². The van der Waals surface area contributed by atoms with Crippen molar-refractivity contribution in [1.82, 2.24) is 15.3 Å². The number of nitrogens with one attached hydrogen (secondary N) is 2. The molecule has 39 heavy (non-hydrogen) atoms. The van der Waals surface area contributed by atoms with E-state index in [2.05, 4.69) is 28.4 Å². The van der Waals surface area contributed by atoms with Crippen LogP contribution in [0.25, 0.3) is 16.6 Å². The van der Waals surface area contributed by atoms with Gasteiger partial charge >= 0.3 is 5.97 Å². The van der Waals surface area contributed by atoms with Crippen molar-refractivity contribution in [3.05, 3.63) is 131 Å². The third-order valence-electron chi connectivity index (χ3n) is 5.58. The van der Waals surface area contributed by atoms with Crippen LogP contribution in [0.2, 0.25) is 5.02 Å². The Bertz CT molecular complexity index is 1500. The number of aromatic nitrogens is 2. The fourth-order valence-corrected chi connectivity index (χ4v) is 3.92. The van der Waals surface area contributed by atoms with Gasteiger partial charge in [0, 0.05) is 34.9 Å². The van der Waals surface area contributed by atoms with Gasteiger partial charge in [-0.25, -0.2) is 9.78 Å². The Hall–Kier alpha value is -4.17. The summed E-state index contributed by atoms with van der Waals surface area (Å²) in [6.45, 7) is 8.21. The van der Waals surface area contributed by atoms with Gasteiger partial charge in [-0.3, -0.25) is 4.79 Å². The summed E-state index contributed by atoms with van der Waals surface area (Å²) in [5, 5.41) is 13.0. The third kappa shape index (κ3) is 8.15. The van der Waals surface area contributed by atoms with Gasteiger partial charge in [-0.15, -0.1) is 0 Å². The van der Waals surface area contributed by atoms with Crippen LogP contribution < -0.4 is 5.32 Å². The first kappa shape index (κ1) is 29.4. The second kappa shape index (κ2) is 14.1. The molecule has 3 aromatic rings. The van der Waals surface area contributed by atoms with Crippen LogP contribution in [0.1, 0.15) is 17.4 Å². The molecule has 7 nitrogen and oxygen atoms in total. The van der Waals surface area contributed by atoms with Gasteiger partial charge in [0.1, 0.15) is 5.82 Å². The smallest absolute Gasteiger partial charge is 0.328 e. The molecule has 2 aromatic carbocycles. The predicted molar refractivity (Wildman–Crippen MR) is 156 cm³/mol. The highest BCUT2D eigenvalue weighted by Crippen LogP contribution is 2.29. The van der Waals surface area contributed by atoms with Crippen molar-refractivity contribution in [1.29, 1.82) is 0 Å². The number of fused-ring (bicyclic) bond motifs is 1. The van der Waals surface area contributed by atoms with Crippen molar-refractivity contribution in [2.75, 3.05) is 13.7 Å². The Kier molecular flexibility index (Phi) is 10.6. The molecule has 0 saturated heterocycles. The van der Waals surface area contributed by atoms with Gasteiger partial charge in [0.05, 0.1) is 23.7 Å². The van der Waals surface area contributed by atoms with E-state index in [4.69, 9.17) is 27.9 Å². The lowest BCUT2D eigenvalue weighted by molar-refractivity contribution is -0.131. The number of rotatable bonds is 12. The Labute approximate surface area is 236 Å². The van der Waals surface area contributed by atoms with E-state index in [1.54, 1.807) is 37.5 Å². The Morgan fingerprint density at radius 2 is 1.92 bits per heavy atom. The molecule has 0 saturated carbocycles. The number of ether oxygens (including phenoxy) is 1. The van der Waals surface area contributed by atoms with Crippen molar-refractivity contribution in [3.8, 4) is 0 Å². The zero-order valence-corrected chi connectivity index (χ0v) is 22.7. The number of nitrogens with zero attached hydrogens (tertiary/aromatic N) is 1. The van der Waals surface area contributed by atoms with E-state index in [0.29, 0.717) is 33.0 Å². The zero-order valence-electron chi connectivity index (χ0n) is 21.2. The van der Waals surface area contributed by atoms with E-state index in [-0.39, 0.29) is 17.8 Å². The number of carbonyl (C=O) groups is 2. The van der Waals surface area contributed by atoms with Crippen LogP contribution >= 0.6 is 23.2 Å². The van der Waals surface area contributed by atoms with E-state index in [0.717, 1.165) is 11.6 Å². The van der Waals surface area contributed by atoms with Crippen LogP contribution in [0.3, 0.4) is 0 Å². The lowest BCUT2D eigenvalue weighted by Gasteiger charge is -2.18. The monoisotopic (exact) mass is 563 g/mol. The van der Waals surface area contributed by atoms with Crippen LogP contribution in [0.4, 0.5) is 0 Å². The molecule has 0 unspecified atom stereocenters. The molecule has 3 N–H and O–H groups in total. The van der Waals surface area contributed by atoms with Crippen molar-refractivity contribution in [2.45, 2.75) is 6.04 Å². The summed E-state index contributed by atoms with van der Waals surface area (Å²) in [4.78, 5) is 32.3. The maximum absolute atomic E-state index is 12.9. The number of methoxy groups -OCH3 is 1. The molecule has 1 heterocycles. The minimum atomic E-state index is -1.20. The fraction of sp³-hybridized carbons (Fsp3) is 0.100. The van der Waals surface area contributed by atoms with Crippen LogP contribution in [-0.4, -0.2) is 40.7 Å². The van der Waals surface area contributed by atoms with E-state index >= 15 is 0 Å². The number of aliphatic carboxylic acids is 1. The lowest BCUT2D eigenvalue weighted by atomic mass is 9.97. The Morgan fingerprint density at radius 3 is 2.59 bits per heavy atom. The maximum Gasteiger partial charge on any atom is 0.328 e. The number of hydrogen-bond donors (Lipinski definition) is 3. The van der Waals surface area contributed by atoms with Gasteiger partial charge in [-0.05, 0) is 47.1 Å². The summed E-state index contributed by atoms with van der Waals surface area (Å²) < 4.78 is 5.26. The molecule has 0 spiro atoms. The van der Waals surface area contributed by atoms with E-state index in [1.807, 2.05) is 30.3 Å². The third-order valence-corrected chi connectivity index (χ3v) is 5.96. The highest BCUT2D eigenvalue weighted by Gasteiger charge is 2.17. The van der Waals surface area contributed by atoms with Crippen molar-refractivity contribution >= 4 is 51.7 Å². The van der Waals surface area contributed by atoms with Crippen molar-refractivity contribution in [2.24, 2.45) is 0 Å². The SMILES string of the molecule is C=C(/C=C\C(=C\C(=O)O)C(=C)/C(=C\C=C\Cl)c1nc2ccc(Cl)cc2[nH]1)C(=O)N[C@H](COC)c1ccccc1. The summed E-state index contributed by atoms with van der Waals surface area (Å²) in [6.07, 6.45) is 7.09. The van der Waals surface area contributed by atoms with Crippen LogP contribution in [0.15, 0.2) is 114 Å². The second-order valence-corrected chi connectivity index (χ2v) is 9.00. The summed E-state index contributed by atoms with van der Waals surface area (Å²) in [5.41, 5.74) is 4.67. The number of benzene rings is 2. The highest BCUT2D eigenvalue weighted by atomic mass is 35.5. The molecule has 0 radical (unpaired) electrons. The van der Waals surface area contributed by atoms with Gasteiger partial charge in [-0.1, -0.05) is 78.8 Å². The predicted octanol–water partition coefficient (Wildman–Crippen LogP) is 6.54. The van der Waals surface area contributed by atoms with Gasteiger partial charge in [-0.2, -0.15) is 0 Å². The number of allylic oxidation sites excluding steroid dienone is 6. The molecular weight excluding hydrogens is 537 g/mol. The molecule has 0 aliphatic heterocycles. The molecule has 9 heteroatoms. The normalized spacial score (nSPS) is 13.2. The first-order valence-corrected chi connectivity index (χ1v) is 12.5. The molecule has 1 amide bonds. The number of hydrogen-bond acceptors (Lipinski definition) is 4. The van der Waals surface area contributed by atoms with E-state index < -0.39 is 17.9 Å². The van der Waals surface area contributed by atoms with E-state index in [1.165, 1.54) is 17.7 Å². The maximum atomic E-state index is 12.9. The topological polar surface area (TPSA) is 104 Å². The molecule has 0 aliphatic rings. The average Bonchev–Trinajstić information content (AvgIpc) is 3.33. The Morgan fingerprint density at radius 1 is 1.18 bits per heavy atom. The number of carboxylic acids is 1. The first-order chi connectivity index (χ1) is 18.7. The zero-order chi connectivity index (χ0) is 28.4. The van der Waals surface area contributed by atoms with Gasteiger partial charge in [0.2, 0.25) is 0 Å². The lowest BCUT2D eigenvalue weighted by Crippen LogP contribution is -2.31. The molecular formula is C30H27Cl2N3O4. The minimum Gasteiger partial charge on any atom is -0.478 e. The van der Waals surface area contributed by atoms with Crippen LogP contribution in [0, 0.1) is 0 Å². The molecule has 1 aromatic heterocycles. The van der Waals surface area contributed by atoms with Crippen molar-refractivity contribution in [3.63, 3.8) is 0 Å². The first-order valence-electron chi connectivity index (χ1n) is 11.7. The molecule has 0 fully saturated rings. The molecule has 200 valence electrons. The van der Waals surface area contributed by atoms with E-state index in [9.17, 15) is 14.7 Å². The summed E-state index contributed by atoms with van der Waals surface area (Å²) >= 11 is 11.9. The summed E-state index contributed by atoms with van der Waals surface area (Å²) in [6, 6.07) is 14.2. The fourth-order valence-electron chi connectivity index (χ4n) is 3.68. The van der Waals surface area contributed by atoms with Gasteiger partial charge < -0.3 is 20.1 Å². The number of aromatic amines is 1. The molecule has 0 aliphatic carbocycles. The largest absolute Gasteiger partial charge is 0.478 e. The summed E-state index contributed by atoms with van der Waals surface area (Å²) in [5.74, 6) is -1.20. The number of H-pyrrole nitrogens is 1. The standard InChI is InChI=1S/C30H27Cl2N3O4/c1-19(30(38)35-27(18-39-3)21-8-5-4-6-9-21)11-12-22(16-28(36)37)20(2)24(10-7-15-31)29-33-25-14-13-23(32)17-26(25)34-29/h4-17,27H,1-2,18H2,3H3,(H,33,34)(H,35,38)(H,36,37)/b12-11-,15-7+,22-16-,24-10+/t27-/m1/s1. The number of imidazole rings is 1. The highest BCUT2D eigenvalue weighted by molar-refractivity contribution is 6.31. The average molecular weight is 564 g/mol. The number of carboxylic acid groups (broad SMARTS) is 1. The van der Waals surface area contributed by atoms with Gasteiger partial charge in [0.25, 0.3) is 5.91 Å². The van der Waals surface area contributed by atoms with Gasteiger partial charge in [0.15, 0.2) is 0 Å². The molecule has 1 atom stereocenters. The van der Waals surface area contributed by atoms with Crippen LogP contribution in [-0.2, 0) is 14.3 Å². The minimum absolute atomic E-state index is 0.112. The van der Waals surface area contributed by atoms with Crippen molar-refractivity contribution < 1.29 is 19.4 Å². The summed E-state index contributed by atoms with van der Waals surface area (Å²) in [7, 11) is 1.55. The number of carbonyl (C=O) groups excluding carboxylic acids is 1. The number of halogens is 2. The molecule has 0 bridgehead atoms. The molecule has 3 rings (SSSR count). The Balaban J connectivity index is 1.88. The second-order valence-electron chi connectivity index (χ2n) is 8.31.